The summed E-state index contributed by atoms with van der Waals surface area (Å²) in [5.74, 6) is -0.101. The number of esters is 1. The maximum Gasteiger partial charge on any atom is 0.410 e. The number of alkyl halides is 1. The Labute approximate surface area is 139 Å². The second kappa shape index (κ2) is 7.21. The first-order valence-electron chi connectivity index (χ1n) is 7.46. The molecule has 0 N–H and O–H groups in total. The quantitative estimate of drug-likeness (QED) is 0.619. The number of piperidine rings is 1. The van der Waals surface area contributed by atoms with Gasteiger partial charge in [0.05, 0.1) is 0 Å². The van der Waals surface area contributed by atoms with E-state index >= 15 is 0 Å². The summed E-state index contributed by atoms with van der Waals surface area (Å²) in [6.07, 6.45) is 2.22. The molecule has 128 valence electrons. The van der Waals surface area contributed by atoms with Crippen LogP contribution in [0.1, 0.15) is 55.8 Å². The maximum absolute atomic E-state index is 12.0. The van der Waals surface area contributed by atoms with E-state index in [2.05, 4.69) is 4.98 Å². The molecule has 2 heterocycles. The minimum absolute atomic E-state index is 0.00839. The number of oxazole rings is 1. The molecule has 0 aliphatic carbocycles. The van der Waals surface area contributed by atoms with Gasteiger partial charge in [-0.1, -0.05) is 11.6 Å². The van der Waals surface area contributed by atoms with Gasteiger partial charge in [-0.2, -0.15) is 0 Å². The second-order valence-electron chi connectivity index (χ2n) is 6.35. The van der Waals surface area contributed by atoms with Gasteiger partial charge in [0.15, 0.2) is 18.2 Å². The molecule has 1 aromatic rings. The first-order valence-corrected chi connectivity index (χ1v) is 7.99. The SMILES string of the molecule is CC(C)(C)OC(=O)N1CCC(c2ocnc2C(=O)OCCl)CC1. The third-order valence-corrected chi connectivity index (χ3v) is 3.60. The van der Waals surface area contributed by atoms with E-state index in [-0.39, 0.29) is 23.8 Å². The molecule has 1 fully saturated rings. The monoisotopic (exact) mass is 344 g/mol. The van der Waals surface area contributed by atoms with Gasteiger partial charge in [-0.25, -0.2) is 14.6 Å². The summed E-state index contributed by atoms with van der Waals surface area (Å²) < 4.78 is 15.5. The maximum atomic E-state index is 12.0. The molecular weight excluding hydrogens is 324 g/mol. The van der Waals surface area contributed by atoms with Crippen molar-refractivity contribution in [1.29, 1.82) is 0 Å². The van der Waals surface area contributed by atoms with Gasteiger partial charge >= 0.3 is 12.1 Å². The van der Waals surface area contributed by atoms with Crippen LogP contribution in [0.15, 0.2) is 10.8 Å². The number of aromatic nitrogens is 1. The lowest BCUT2D eigenvalue weighted by molar-refractivity contribution is 0.0198. The lowest BCUT2D eigenvalue weighted by Gasteiger charge is -2.32. The number of ether oxygens (including phenoxy) is 2. The van der Waals surface area contributed by atoms with Crippen LogP contribution in [-0.4, -0.2) is 46.7 Å². The van der Waals surface area contributed by atoms with Crippen molar-refractivity contribution in [1.82, 2.24) is 9.88 Å². The third kappa shape index (κ3) is 4.60. The molecule has 0 radical (unpaired) electrons. The highest BCUT2D eigenvalue weighted by molar-refractivity contribution is 6.17. The van der Waals surface area contributed by atoms with Crippen molar-refractivity contribution < 1.29 is 23.5 Å². The van der Waals surface area contributed by atoms with Crippen LogP contribution in [0.3, 0.4) is 0 Å². The van der Waals surface area contributed by atoms with Crippen molar-refractivity contribution in [3.8, 4) is 0 Å². The Morgan fingerprint density at radius 2 is 2.04 bits per heavy atom. The van der Waals surface area contributed by atoms with E-state index in [0.717, 1.165) is 0 Å². The van der Waals surface area contributed by atoms with E-state index in [0.29, 0.717) is 31.7 Å². The molecule has 1 saturated heterocycles. The molecule has 7 nitrogen and oxygen atoms in total. The molecule has 2 rings (SSSR count). The molecule has 0 unspecified atom stereocenters. The summed E-state index contributed by atoms with van der Waals surface area (Å²) in [5.41, 5.74) is -0.362. The molecule has 0 spiro atoms. The first kappa shape index (κ1) is 17.6. The molecule has 1 aromatic heterocycles. The van der Waals surface area contributed by atoms with Gasteiger partial charge in [0.2, 0.25) is 0 Å². The van der Waals surface area contributed by atoms with Gasteiger partial charge in [0.1, 0.15) is 11.4 Å². The molecule has 0 saturated carbocycles. The van der Waals surface area contributed by atoms with Crippen LogP contribution in [0.2, 0.25) is 0 Å². The fourth-order valence-electron chi connectivity index (χ4n) is 2.47. The lowest BCUT2D eigenvalue weighted by atomic mass is 9.93. The smallest absolute Gasteiger partial charge is 0.410 e. The summed E-state index contributed by atoms with van der Waals surface area (Å²) in [6.45, 7) is 6.57. The molecule has 0 aromatic carbocycles. The van der Waals surface area contributed by atoms with Crippen molar-refractivity contribution in [3.05, 3.63) is 17.8 Å². The van der Waals surface area contributed by atoms with E-state index in [4.69, 9.17) is 25.5 Å². The molecular formula is C15H21ClN2O5. The summed E-state index contributed by atoms with van der Waals surface area (Å²) in [5, 5.41) is 0. The topological polar surface area (TPSA) is 81.9 Å². The molecule has 0 bridgehead atoms. The number of rotatable bonds is 3. The van der Waals surface area contributed by atoms with Crippen molar-refractivity contribution >= 4 is 23.7 Å². The van der Waals surface area contributed by atoms with Gasteiger partial charge in [-0.05, 0) is 33.6 Å². The van der Waals surface area contributed by atoms with Crippen molar-refractivity contribution in [2.75, 3.05) is 19.2 Å². The molecule has 0 atom stereocenters. The van der Waals surface area contributed by atoms with Gasteiger partial charge in [0.25, 0.3) is 0 Å². The Morgan fingerprint density at radius 1 is 1.39 bits per heavy atom. The predicted octanol–water partition coefficient (Wildman–Crippen LogP) is 3.14. The number of hydrogen-bond acceptors (Lipinski definition) is 6. The van der Waals surface area contributed by atoms with Gasteiger partial charge in [-0.15, -0.1) is 0 Å². The summed E-state index contributed by atoms with van der Waals surface area (Å²) in [7, 11) is 0. The zero-order valence-electron chi connectivity index (χ0n) is 13.5. The Hall–Kier alpha value is -1.76. The Kier molecular flexibility index (Phi) is 5.51. The molecule has 1 aliphatic rings. The van der Waals surface area contributed by atoms with Crippen LogP contribution in [0, 0.1) is 0 Å². The highest BCUT2D eigenvalue weighted by atomic mass is 35.5. The van der Waals surface area contributed by atoms with E-state index in [1.807, 2.05) is 20.8 Å². The molecule has 23 heavy (non-hydrogen) atoms. The number of halogens is 1. The van der Waals surface area contributed by atoms with Crippen LogP contribution in [0.4, 0.5) is 4.79 Å². The average molecular weight is 345 g/mol. The van der Waals surface area contributed by atoms with Crippen LogP contribution in [0.5, 0.6) is 0 Å². The zero-order chi connectivity index (χ0) is 17.0. The normalized spacial score (nSPS) is 16.3. The summed E-state index contributed by atoms with van der Waals surface area (Å²) in [4.78, 5) is 29.4. The molecule has 1 aliphatic heterocycles. The average Bonchev–Trinajstić information content (AvgIpc) is 2.95. The Balaban J connectivity index is 1.96. The fraction of sp³-hybridized carbons (Fsp3) is 0.667. The minimum Gasteiger partial charge on any atom is -0.447 e. The number of hydrogen-bond donors (Lipinski definition) is 0. The van der Waals surface area contributed by atoms with Gasteiger partial charge < -0.3 is 18.8 Å². The number of nitrogens with zero attached hydrogens (tertiary/aromatic N) is 2. The van der Waals surface area contributed by atoms with Crippen molar-refractivity contribution in [2.45, 2.75) is 45.1 Å². The number of likely N-dealkylation sites (tertiary alicyclic amines) is 1. The third-order valence-electron chi connectivity index (χ3n) is 3.49. The van der Waals surface area contributed by atoms with E-state index in [1.54, 1.807) is 4.90 Å². The number of carbonyl (C=O) groups is 2. The summed E-state index contributed by atoms with van der Waals surface area (Å²) in [6, 6.07) is -0.234. The number of carbonyl (C=O) groups excluding carboxylic acids is 2. The van der Waals surface area contributed by atoms with E-state index in [9.17, 15) is 9.59 Å². The van der Waals surface area contributed by atoms with Crippen LogP contribution in [-0.2, 0) is 9.47 Å². The highest BCUT2D eigenvalue weighted by Crippen LogP contribution is 2.31. The van der Waals surface area contributed by atoms with E-state index in [1.165, 1.54) is 6.39 Å². The first-order chi connectivity index (χ1) is 10.8. The van der Waals surface area contributed by atoms with Crippen LogP contribution < -0.4 is 0 Å². The second-order valence-corrected chi connectivity index (χ2v) is 6.57. The van der Waals surface area contributed by atoms with Gasteiger partial charge in [0, 0.05) is 19.0 Å². The standard InChI is InChI=1S/C15H21ClN2O5/c1-15(2,3)23-14(20)18-6-4-10(5-7-18)12-11(17-9-22-12)13(19)21-8-16/h9-10H,4-8H2,1-3H3. The van der Waals surface area contributed by atoms with Gasteiger partial charge in [-0.3, -0.25) is 0 Å². The van der Waals surface area contributed by atoms with Crippen LogP contribution in [0.25, 0.3) is 0 Å². The predicted molar refractivity (Wildman–Crippen MR) is 82.4 cm³/mol. The molecule has 8 heteroatoms. The Bertz CT molecular complexity index is 558. The number of amides is 1. The summed E-state index contributed by atoms with van der Waals surface area (Å²) >= 11 is 5.40. The van der Waals surface area contributed by atoms with Crippen molar-refractivity contribution in [3.63, 3.8) is 0 Å². The zero-order valence-corrected chi connectivity index (χ0v) is 14.3. The largest absolute Gasteiger partial charge is 0.447 e. The van der Waals surface area contributed by atoms with Crippen molar-refractivity contribution in [2.24, 2.45) is 0 Å². The highest BCUT2D eigenvalue weighted by Gasteiger charge is 2.32. The fourth-order valence-corrected chi connectivity index (χ4v) is 2.57. The van der Waals surface area contributed by atoms with E-state index < -0.39 is 11.6 Å². The Morgan fingerprint density at radius 3 is 2.61 bits per heavy atom. The molecule has 1 amide bonds. The lowest BCUT2D eigenvalue weighted by Crippen LogP contribution is -2.41. The minimum atomic E-state index is -0.599. The van der Waals surface area contributed by atoms with Crippen LogP contribution >= 0.6 is 11.6 Å².